The van der Waals surface area contributed by atoms with Gasteiger partial charge in [-0.2, -0.15) is 4.31 Å². The fraction of sp³-hybridized carbons (Fsp3) is 0.538. The molecule has 1 heterocycles. The second-order valence-electron chi connectivity index (χ2n) is 5.14. The van der Waals surface area contributed by atoms with Gasteiger partial charge < -0.3 is 5.73 Å². The number of rotatable bonds is 3. The second kappa shape index (κ2) is 4.99. The van der Waals surface area contributed by atoms with Crippen molar-refractivity contribution in [3.63, 3.8) is 0 Å². The monoisotopic (exact) mass is 268 g/mol. The van der Waals surface area contributed by atoms with E-state index in [-0.39, 0.29) is 6.04 Å². The lowest BCUT2D eigenvalue weighted by Crippen LogP contribution is -2.31. The van der Waals surface area contributed by atoms with Crippen molar-refractivity contribution in [3.8, 4) is 0 Å². The van der Waals surface area contributed by atoms with Crippen molar-refractivity contribution < 1.29 is 8.42 Å². The number of benzene rings is 1. The van der Waals surface area contributed by atoms with E-state index in [2.05, 4.69) is 13.8 Å². The lowest BCUT2D eigenvalue weighted by Gasteiger charge is -2.16. The summed E-state index contributed by atoms with van der Waals surface area (Å²) in [6.07, 6.45) is 0.739. The van der Waals surface area contributed by atoms with Crippen molar-refractivity contribution in [1.29, 1.82) is 0 Å². The summed E-state index contributed by atoms with van der Waals surface area (Å²) in [5.74, 6) is 0.405. The molecule has 1 unspecified atom stereocenters. The highest BCUT2D eigenvalue weighted by molar-refractivity contribution is 7.89. The number of sulfonamides is 1. The second-order valence-corrected chi connectivity index (χ2v) is 7.07. The summed E-state index contributed by atoms with van der Waals surface area (Å²) in [7, 11) is -3.36. The molecular formula is C13H20N2O2S. The summed E-state index contributed by atoms with van der Waals surface area (Å²) in [5.41, 5.74) is 6.90. The largest absolute Gasteiger partial charge is 0.326 e. The molecule has 18 heavy (non-hydrogen) atoms. The first-order valence-corrected chi connectivity index (χ1v) is 7.71. The molecule has 1 fully saturated rings. The van der Waals surface area contributed by atoms with Crippen LogP contribution < -0.4 is 5.73 Å². The minimum atomic E-state index is -3.36. The number of hydrogen-bond acceptors (Lipinski definition) is 3. The standard InChI is InChI=1S/C13H20N2O2S/c1-10(2)11-3-5-13(6-4-11)18(16,17)15-8-7-12(14)9-15/h3-6,10,12H,7-9,14H2,1-2H3. The van der Waals surface area contributed by atoms with Crippen molar-refractivity contribution in [3.05, 3.63) is 29.8 Å². The molecule has 100 valence electrons. The van der Waals surface area contributed by atoms with Gasteiger partial charge >= 0.3 is 0 Å². The van der Waals surface area contributed by atoms with E-state index in [0.717, 1.165) is 12.0 Å². The van der Waals surface area contributed by atoms with Crippen LogP contribution in [0.5, 0.6) is 0 Å². The van der Waals surface area contributed by atoms with Crippen LogP contribution in [0.1, 0.15) is 31.7 Å². The van der Waals surface area contributed by atoms with Crippen LogP contribution in [-0.2, 0) is 10.0 Å². The van der Waals surface area contributed by atoms with Crippen LogP contribution >= 0.6 is 0 Å². The van der Waals surface area contributed by atoms with Gasteiger partial charge in [-0.25, -0.2) is 8.42 Å². The predicted octanol–water partition coefficient (Wildman–Crippen LogP) is 1.53. The molecule has 0 radical (unpaired) electrons. The zero-order valence-electron chi connectivity index (χ0n) is 10.8. The van der Waals surface area contributed by atoms with Crippen LogP contribution in [0.4, 0.5) is 0 Å². The SMILES string of the molecule is CC(C)c1ccc(S(=O)(=O)N2CCC(N)C2)cc1. The van der Waals surface area contributed by atoms with Crippen LogP contribution in [0.15, 0.2) is 29.2 Å². The Morgan fingerprint density at radius 3 is 2.33 bits per heavy atom. The van der Waals surface area contributed by atoms with Crippen molar-refractivity contribution >= 4 is 10.0 Å². The summed E-state index contributed by atoms with van der Waals surface area (Å²) in [5, 5.41) is 0. The summed E-state index contributed by atoms with van der Waals surface area (Å²) >= 11 is 0. The molecule has 0 bridgehead atoms. The van der Waals surface area contributed by atoms with E-state index in [4.69, 9.17) is 5.73 Å². The Kier molecular flexibility index (Phi) is 3.75. The van der Waals surface area contributed by atoms with Crippen molar-refractivity contribution in [2.75, 3.05) is 13.1 Å². The third-order valence-electron chi connectivity index (χ3n) is 3.37. The highest BCUT2D eigenvalue weighted by atomic mass is 32.2. The van der Waals surface area contributed by atoms with Gasteiger partial charge in [-0.1, -0.05) is 26.0 Å². The Morgan fingerprint density at radius 2 is 1.89 bits per heavy atom. The molecule has 0 aromatic heterocycles. The van der Waals surface area contributed by atoms with Gasteiger partial charge in [0, 0.05) is 19.1 Å². The molecule has 1 aliphatic heterocycles. The number of hydrogen-bond donors (Lipinski definition) is 1. The molecule has 0 spiro atoms. The first-order chi connectivity index (χ1) is 8.41. The predicted molar refractivity (Wildman–Crippen MR) is 71.9 cm³/mol. The van der Waals surface area contributed by atoms with Gasteiger partial charge in [0.05, 0.1) is 4.90 Å². The topological polar surface area (TPSA) is 63.4 Å². The maximum Gasteiger partial charge on any atom is 0.243 e. The van der Waals surface area contributed by atoms with Gasteiger partial charge in [-0.15, -0.1) is 0 Å². The third kappa shape index (κ3) is 2.58. The van der Waals surface area contributed by atoms with E-state index in [1.54, 1.807) is 12.1 Å². The van der Waals surface area contributed by atoms with Crippen molar-refractivity contribution in [2.24, 2.45) is 5.73 Å². The molecule has 1 saturated heterocycles. The van der Waals surface area contributed by atoms with E-state index in [0.29, 0.717) is 23.9 Å². The zero-order chi connectivity index (χ0) is 13.3. The molecule has 1 aromatic carbocycles. The summed E-state index contributed by atoms with van der Waals surface area (Å²) in [6, 6.07) is 7.11. The van der Waals surface area contributed by atoms with Crippen molar-refractivity contribution in [2.45, 2.75) is 37.1 Å². The molecule has 2 rings (SSSR count). The van der Waals surface area contributed by atoms with Crippen LogP contribution in [0.25, 0.3) is 0 Å². The molecule has 1 aliphatic rings. The molecule has 5 heteroatoms. The summed E-state index contributed by atoms with van der Waals surface area (Å²) in [6.45, 7) is 5.12. The Balaban J connectivity index is 2.25. The number of nitrogens with two attached hydrogens (primary N) is 1. The van der Waals surface area contributed by atoms with E-state index >= 15 is 0 Å². The van der Waals surface area contributed by atoms with Crippen LogP contribution in [-0.4, -0.2) is 31.9 Å². The molecule has 4 nitrogen and oxygen atoms in total. The zero-order valence-corrected chi connectivity index (χ0v) is 11.7. The smallest absolute Gasteiger partial charge is 0.243 e. The number of nitrogens with zero attached hydrogens (tertiary/aromatic N) is 1. The fourth-order valence-electron chi connectivity index (χ4n) is 2.15. The normalized spacial score (nSPS) is 21.7. The third-order valence-corrected chi connectivity index (χ3v) is 5.25. The molecule has 1 aromatic rings. The van der Waals surface area contributed by atoms with Gasteiger partial charge in [0.2, 0.25) is 10.0 Å². The summed E-state index contributed by atoms with van der Waals surface area (Å²) < 4.78 is 26.1. The lowest BCUT2D eigenvalue weighted by molar-refractivity contribution is 0.472. The van der Waals surface area contributed by atoms with E-state index in [1.807, 2.05) is 12.1 Å². The Bertz CT molecular complexity index is 508. The van der Waals surface area contributed by atoms with Crippen LogP contribution in [0.2, 0.25) is 0 Å². The van der Waals surface area contributed by atoms with Gasteiger partial charge in [0.25, 0.3) is 0 Å². The molecule has 0 saturated carbocycles. The van der Waals surface area contributed by atoms with Gasteiger partial charge in [0.1, 0.15) is 0 Å². The quantitative estimate of drug-likeness (QED) is 0.904. The minimum Gasteiger partial charge on any atom is -0.326 e. The highest BCUT2D eigenvalue weighted by Crippen LogP contribution is 2.22. The Morgan fingerprint density at radius 1 is 1.28 bits per heavy atom. The first kappa shape index (κ1) is 13.5. The van der Waals surface area contributed by atoms with Crippen LogP contribution in [0.3, 0.4) is 0 Å². The summed E-state index contributed by atoms with van der Waals surface area (Å²) in [4.78, 5) is 0.362. The average molecular weight is 268 g/mol. The molecule has 1 atom stereocenters. The molecule has 0 amide bonds. The van der Waals surface area contributed by atoms with Crippen molar-refractivity contribution in [1.82, 2.24) is 4.31 Å². The highest BCUT2D eigenvalue weighted by Gasteiger charge is 2.30. The molecule has 0 aliphatic carbocycles. The average Bonchev–Trinajstić information content (AvgIpc) is 2.76. The van der Waals surface area contributed by atoms with E-state index < -0.39 is 10.0 Å². The minimum absolute atomic E-state index is 0.0327. The van der Waals surface area contributed by atoms with Crippen LogP contribution in [0, 0.1) is 0 Å². The van der Waals surface area contributed by atoms with Gasteiger partial charge in [0.15, 0.2) is 0 Å². The Labute approximate surface area is 109 Å². The Hall–Kier alpha value is -0.910. The maximum absolute atomic E-state index is 12.3. The van der Waals surface area contributed by atoms with Gasteiger partial charge in [-0.05, 0) is 30.0 Å². The van der Waals surface area contributed by atoms with Gasteiger partial charge in [-0.3, -0.25) is 0 Å². The maximum atomic E-state index is 12.3. The van der Waals surface area contributed by atoms with E-state index in [9.17, 15) is 8.42 Å². The fourth-order valence-corrected chi connectivity index (χ4v) is 3.66. The lowest BCUT2D eigenvalue weighted by atomic mass is 10.0. The van der Waals surface area contributed by atoms with E-state index in [1.165, 1.54) is 4.31 Å². The molecule has 2 N–H and O–H groups in total. The molecular weight excluding hydrogens is 248 g/mol. The first-order valence-electron chi connectivity index (χ1n) is 6.27.